The van der Waals surface area contributed by atoms with Gasteiger partial charge >= 0.3 is 0 Å². The van der Waals surface area contributed by atoms with E-state index in [1.165, 1.54) is 6.07 Å². The Balaban J connectivity index is 1.30. The lowest BCUT2D eigenvalue weighted by molar-refractivity contribution is 0.120. The van der Waals surface area contributed by atoms with Crippen molar-refractivity contribution in [1.82, 2.24) is 19.9 Å². The first kappa shape index (κ1) is 17.9. The molecule has 6 nitrogen and oxygen atoms in total. The van der Waals surface area contributed by atoms with Crippen molar-refractivity contribution in [3.63, 3.8) is 0 Å². The molecular weight excluding hydrogens is 345 g/mol. The first-order valence-corrected chi connectivity index (χ1v) is 9.28. The van der Waals surface area contributed by atoms with Gasteiger partial charge in [-0.3, -0.25) is 4.90 Å². The molecule has 0 unspecified atom stereocenters. The maximum atomic E-state index is 13.3. The summed E-state index contributed by atoms with van der Waals surface area (Å²) in [5, 5.41) is 4.12. The zero-order chi connectivity index (χ0) is 18.6. The van der Waals surface area contributed by atoms with Gasteiger partial charge in [0, 0.05) is 60.8 Å². The predicted octanol–water partition coefficient (Wildman–Crippen LogP) is 3.32. The summed E-state index contributed by atoms with van der Waals surface area (Å²) in [5.74, 6) is 0.418. The van der Waals surface area contributed by atoms with E-state index >= 15 is 0 Å². The molecule has 0 saturated carbocycles. The molecule has 1 saturated heterocycles. The Hall–Kier alpha value is -2.51. The number of ether oxygens (including phenoxy) is 1. The Morgan fingerprint density at radius 1 is 1.26 bits per heavy atom. The minimum absolute atomic E-state index is 0.216. The van der Waals surface area contributed by atoms with Gasteiger partial charge in [0.25, 0.3) is 0 Å². The Bertz CT molecular complexity index is 889. The number of nitrogens with zero attached hydrogens (tertiary/aromatic N) is 3. The van der Waals surface area contributed by atoms with E-state index in [9.17, 15) is 4.39 Å². The first-order chi connectivity index (χ1) is 13.2. The first-order valence-electron chi connectivity index (χ1n) is 9.28. The molecule has 4 rings (SSSR count). The van der Waals surface area contributed by atoms with Gasteiger partial charge in [-0.15, -0.1) is 0 Å². The summed E-state index contributed by atoms with van der Waals surface area (Å²) < 4.78 is 18.9. The van der Waals surface area contributed by atoms with Crippen LogP contribution in [0.2, 0.25) is 0 Å². The van der Waals surface area contributed by atoms with E-state index in [0.717, 1.165) is 61.2 Å². The average Bonchev–Trinajstić information content (AvgIpc) is 3.30. The second-order valence-electron chi connectivity index (χ2n) is 7.13. The number of halogens is 1. The number of anilines is 1. The second-order valence-corrected chi connectivity index (χ2v) is 7.13. The molecule has 142 valence electrons. The minimum Gasteiger partial charge on any atom is -0.376 e. The molecule has 3 aromatic rings. The predicted molar refractivity (Wildman–Crippen MR) is 103 cm³/mol. The van der Waals surface area contributed by atoms with Crippen molar-refractivity contribution in [3.05, 3.63) is 53.7 Å². The van der Waals surface area contributed by atoms with Crippen molar-refractivity contribution < 1.29 is 9.13 Å². The van der Waals surface area contributed by atoms with Gasteiger partial charge in [0.2, 0.25) is 5.95 Å². The normalized spacial score (nSPS) is 17.1. The number of aromatic nitrogens is 3. The number of aromatic amines is 1. The molecule has 0 amide bonds. The molecule has 0 spiro atoms. The summed E-state index contributed by atoms with van der Waals surface area (Å²) in [5.41, 5.74) is 3.04. The molecule has 1 fully saturated rings. The summed E-state index contributed by atoms with van der Waals surface area (Å²) in [6.07, 6.45) is 6.19. The number of hydrogen-bond donors (Lipinski definition) is 2. The molecule has 3 heterocycles. The van der Waals surface area contributed by atoms with Crippen molar-refractivity contribution in [2.75, 3.05) is 25.5 Å². The number of benzene rings is 1. The van der Waals surface area contributed by atoms with Crippen LogP contribution in [-0.2, 0) is 17.8 Å². The highest BCUT2D eigenvalue weighted by atomic mass is 19.1. The molecule has 2 aromatic heterocycles. The molecule has 1 aliphatic rings. The number of hydrogen-bond acceptors (Lipinski definition) is 5. The van der Waals surface area contributed by atoms with Crippen LogP contribution >= 0.6 is 0 Å². The van der Waals surface area contributed by atoms with Crippen LogP contribution in [0.15, 0.2) is 36.7 Å². The highest BCUT2D eigenvalue weighted by molar-refractivity contribution is 5.80. The summed E-state index contributed by atoms with van der Waals surface area (Å²) in [6.45, 7) is 3.06. The van der Waals surface area contributed by atoms with E-state index in [0.29, 0.717) is 5.95 Å². The summed E-state index contributed by atoms with van der Waals surface area (Å²) >= 11 is 0. The number of fused-ring (bicyclic) bond motifs is 1. The maximum absolute atomic E-state index is 13.3. The fourth-order valence-electron chi connectivity index (χ4n) is 3.45. The van der Waals surface area contributed by atoms with Crippen molar-refractivity contribution in [2.45, 2.75) is 32.0 Å². The van der Waals surface area contributed by atoms with Crippen LogP contribution in [0.25, 0.3) is 10.9 Å². The molecule has 0 radical (unpaired) electrons. The summed E-state index contributed by atoms with van der Waals surface area (Å²) in [6, 6.07) is 6.78. The highest BCUT2D eigenvalue weighted by Crippen LogP contribution is 2.18. The zero-order valence-corrected chi connectivity index (χ0v) is 15.4. The number of rotatable bonds is 7. The molecule has 1 aromatic carbocycles. The third-order valence-electron chi connectivity index (χ3n) is 4.75. The maximum Gasteiger partial charge on any atom is 0.222 e. The van der Waals surface area contributed by atoms with Gasteiger partial charge in [-0.2, -0.15) is 0 Å². The number of H-pyrrole nitrogens is 1. The lowest BCUT2D eigenvalue weighted by Gasteiger charge is -2.16. The average molecular weight is 369 g/mol. The van der Waals surface area contributed by atoms with E-state index in [1.807, 2.05) is 25.5 Å². The van der Waals surface area contributed by atoms with Gasteiger partial charge in [-0.05, 0) is 44.2 Å². The molecule has 7 heteroatoms. The fourth-order valence-corrected chi connectivity index (χ4v) is 3.45. The second kappa shape index (κ2) is 8.02. The molecule has 0 aliphatic carbocycles. The Morgan fingerprint density at radius 2 is 2.11 bits per heavy atom. The van der Waals surface area contributed by atoms with Gasteiger partial charge in [-0.1, -0.05) is 0 Å². The van der Waals surface area contributed by atoms with E-state index in [4.69, 9.17) is 4.74 Å². The molecule has 1 atom stereocenters. The minimum atomic E-state index is -0.216. The highest BCUT2D eigenvalue weighted by Gasteiger charge is 2.15. The fraction of sp³-hybridized carbons (Fsp3) is 0.400. The molecule has 27 heavy (non-hydrogen) atoms. The Labute approximate surface area is 157 Å². The van der Waals surface area contributed by atoms with Crippen LogP contribution in [0, 0.1) is 5.82 Å². The Morgan fingerprint density at radius 3 is 2.89 bits per heavy atom. The third kappa shape index (κ3) is 4.61. The lowest BCUT2D eigenvalue weighted by Crippen LogP contribution is -2.20. The van der Waals surface area contributed by atoms with Crippen molar-refractivity contribution >= 4 is 16.9 Å². The molecule has 1 aliphatic heterocycles. The van der Waals surface area contributed by atoms with Crippen molar-refractivity contribution in [1.29, 1.82) is 0 Å². The quantitative estimate of drug-likeness (QED) is 0.669. The lowest BCUT2D eigenvalue weighted by atomic mass is 10.2. The molecule has 2 N–H and O–H groups in total. The standard InChI is InChI=1S/C20H24FN5O/c1-26(13-17-8-15-7-16(21)4-5-19(15)25-17)12-14-9-22-20(23-10-14)24-11-18-3-2-6-27-18/h4-5,7-10,18,25H,2-3,6,11-13H2,1H3,(H,22,23,24)/t18-/m1/s1. The van der Waals surface area contributed by atoms with Gasteiger partial charge in [0.15, 0.2) is 0 Å². The van der Waals surface area contributed by atoms with Gasteiger partial charge in [0.05, 0.1) is 6.10 Å². The summed E-state index contributed by atoms with van der Waals surface area (Å²) in [4.78, 5) is 14.3. The largest absolute Gasteiger partial charge is 0.376 e. The van der Waals surface area contributed by atoms with Gasteiger partial charge < -0.3 is 15.0 Å². The van der Waals surface area contributed by atoms with Crippen LogP contribution in [0.5, 0.6) is 0 Å². The third-order valence-corrected chi connectivity index (χ3v) is 4.75. The van der Waals surface area contributed by atoms with Gasteiger partial charge in [-0.25, -0.2) is 14.4 Å². The van der Waals surface area contributed by atoms with Crippen molar-refractivity contribution in [2.24, 2.45) is 0 Å². The summed E-state index contributed by atoms with van der Waals surface area (Å²) in [7, 11) is 2.04. The van der Waals surface area contributed by atoms with E-state index in [1.54, 1.807) is 12.1 Å². The monoisotopic (exact) mass is 369 g/mol. The van der Waals surface area contributed by atoms with Crippen LogP contribution < -0.4 is 5.32 Å². The van der Waals surface area contributed by atoms with Crippen LogP contribution in [-0.4, -0.2) is 46.2 Å². The van der Waals surface area contributed by atoms with Crippen molar-refractivity contribution in [3.8, 4) is 0 Å². The molecule has 0 bridgehead atoms. The molecular formula is C20H24FN5O. The van der Waals surface area contributed by atoms with E-state index in [-0.39, 0.29) is 11.9 Å². The topological polar surface area (TPSA) is 66.1 Å². The van der Waals surface area contributed by atoms with Crippen LogP contribution in [0.4, 0.5) is 10.3 Å². The Kier molecular flexibility index (Phi) is 5.31. The van der Waals surface area contributed by atoms with E-state index < -0.39 is 0 Å². The SMILES string of the molecule is CN(Cc1cnc(NC[C@H]2CCCO2)nc1)Cc1cc2cc(F)ccc2[nH]1. The van der Waals surface area contributed by atoms with E-state index in [2.05, 4.69) is 25.2 Å². The van der Waals surface area contributed by atoms with Crippen LogP contribution in [0.3, 0.4) is 0 Å². The smallest absolute Gasteiger partial charge is 0.222 e. The number of nitrogens with one attached hydrogen (secondary N) is 2. The zero-order valence-electron chi connectivity index (χ0n) is 15.4. The van der Waals surface area contributed by atoms with Crippen LogP contribution in [0.1, 0.15) is 24.1 Å². The van der Waals surface area contributed by atoms with Gasteiger partial charge in [0.1, 0.15) is 5.82 Å².